The first-order valence-electron chi connectivity index (χ1n) is 9.55. The van der Waals surface area contributed by atoms with Crippen molar-refractivity contribution < 1.29 is 18.0 Å². The van der Waals surface area contributed by atoms with Gasteiger partial charge in [0.25, 0.3) is 5.91 Å². The Bertz CT molecular complexity index is 1360. The van der Waals surface area contributed by atoms with E-state index in [1.807, 2.05) is 6.92 Å². The average Bonchev–Trinajstić information content (AvgIpc) is 2.74. The number of aromatic amines is 1. The second kappa shape index (κ2) is 8.18. The maximum Gasteiger partial charge on any atom is 0.416 e. The van der Waals surface area contributed by atoms with Crippen LogP contribution in [0, 0.1) is 6.92 Å². The smallest absolute Gasteiger partial charge is 0.340 e. The summed E-state index contributed by atoms with van der Waals surface area (Å²) in [7, 11) is 0. The summed E-state index contributed by atoms with van der Waals surface area (Å²) >= 11 is 0. The molecule has 162 valence electrons. The molecule has 32 heavy (non-hydrogen) atoms. The number of H-pyrrole nitrogens is 1. The van der Waals surface area contributed by atoms with E-state index in [2.05, 4.69) is 20.6 Å². The van der Waals surface area contributed by atoms with Crippen LogP contribution in [-0.4, -0.2) is 15.9 Å². The van der Waals surface area contributed by atoms with Crippen LogP contribution >= 0.6 is 0 Å². The van der Waals surface area contributed by atoms with Gasteiger partial charge in [0.05, 0.1) is 16.6 Å². The Hall–Kier alpha value is -4.14. The molecule has 0 aliphatic heterocycles. The molecule has 0 aliphatic rings. The van der Waals surface area contributed by atoms with Crippen molar-refractivity contribution in [3.8, 4) is 0 Å². The predicted molar refractivity (Wildman–Crippen MR) is 116 cm³/mol. The number of hydrogen-bond donors (Lipinski definition) is 3. The van der Waals surface area contributed by atoms with E-state index in [1.54, 1.807) is 24.3 Å². The first kappa shape index (κ1) is 21.1. The van der Waals surface area contributed by atoms with Gasteiger partial charge in [-0.3, -0.25) is 9.59 Å². The minimum absolute atomic E-state index is 0.274. The second-order valence-corrected chi connectivity index (χ2v) is 7.16. The number of anilines is 3. The van der Waals surface area contributed by atoms with E-state index in [1.165, 1.54) is 30.5 Å². The number of aromatic nitrogens is 2. The summed E-state index contributed by atoms with van der Waals surface area (Å²) in [4.78, 5) is 30.4. The SMILES string of the molecule is Cc1cc(Nc2cccc(C(F)(F)F)c2)nc2ccc(NC(=O)c3ccc(=O)[nH]c3)cc12. The van der Waals surface area contributed by atoms with Gasteiger partial charge in [-0.25, -0.2) is 4.98 Å². The van der Waals surface area contributed by atoms with E-state index >= 15 is 0 Å². The monoisotopic (exact) mass is 438 g/mol. The summed E-state index contributed by atoms with van der Waals surface area (Å²) in [6.07, 6.45) is -3.10. The van der Waals surface area contributed by atoms with Crippen molar-refractivity contribution in [3.05, 3.63) is 93.9 Å². The van der Waals surface area contributed by atoms with Gasteiger partial charge in [-0.15, -0.1) is 0 Å². The maximum atomic E-state index is 12.9. The lowest BCUT2D eigenvalue weighted by atomic mass is 10.1. The van der Waals surface area contributed by atoms with Crippen molar-refractivity contribution in [3.63, 3.8) is 0 Å². The first-order valence-corrected chi connectivity index (χ1v) is 9.55. The molecule has 2 aromatic carbocycles. The number of nitrogens with zero attached hydrogens (tertiary/aromatic N) is 1. The van der Waals surface area contributed by atoms with Crippen molar-refractivity contribution in [2.45, 2.75) is 13.1 Å². The van der Waals surface area contributed by atoms with Gasteiger partial charge in [0, 0.05) is 29.0 Å². The minimum atomic E-state index is -4.43. The second-order valence-electron chi connectivity index (χ2n) is 7.16. The number of alkyl halides is 3. The van der Waals surface area contributed by atoms with Gasteiger partial charge in [0.15, 0.2) is 0 Å². The molecule has 0 unspecified atom stereocenters. The van der Waals surface area contributed by atoms with Crippen LogP contribution in [0.1, 0.15) is 21.5 Å². The van der Waals surface area contributed by atoms with Crippen LogP contribution in [0.4, 0.5) is 30.4 Å². The van der Waals surface area contributed by atoms with Crippen molar-refractivity contribution in [2.75, 3.05) is 10.6 Å². The molecule has 2 heterocycles. The summed E-state index contributed by atoms with van der Waals surface area (Å²) < 4.78 is 38.8. The van der Waals surface area contributed by atoms with Crippen LogP contribution in [-0.2, 0) is 6.18 Å². The molecule has 0 atom stereocenters. The van der Waals surface area contributed by atoms with E-state index in [9.17, 15) is 22.8 Å². The molecule has 6 nitrogen and oxygen atoms in total. The van der Waals surface area contributed by atoms with E-state index in [4.69, 9.17) is 0 Å². The van der Waals surface area contributed by atoms with Gasteiger partial charge in [0.2, 0.25) is 5.56 Å². The zero-order chi connectivity index (χ0) is 22.9. The predicted octanol–water partition coefficient (Wildman–Crippen LogP) is 5.25. The lowest BCUT2D eigenvalue weighted by molar-refractivity contribution is -0.137. The molecule has 0 radical (unpaired) electrons. The number of carbonyl (C=O) groups excluding carboxylic acids is 1. The number of hydrogen-bond acceptors (Lipinski definition) is 4. The third kappa shape index (κ3) is 4.61. The van der Waals surface area contributed by atoms with Crippen molar-refractivity contribution in [2.24, 2.45) is 0 Å². The van der Waals surface area contributed by atoms with Gasteiger partial charge in [-0.2, -0.15) is 13.2 Å². The fourth-order valence-electron chi connectivity index (χ4n) is 3.21. The molecular weight excluding hydrogens is 421 g/mol. The topological polar surface area (TPSA) is 86.9 Å². The summed E-state index contributed by atoms with van der Waals surface area (Å²) in [5.74, 6) is 0.0217. The number of rotatable bonds is 4. The lowest BCUT2D eigenvalue weighted by Gasteiger charge is -2.12. The molecule has 0 fully saturated rings. The zero-order valence-corrected chi connectivity index (χ0v) is 16.7. The zero-order valence-electron chi connectivity index (χ0n) is 16.7. The summed E-state index contributed by atoms with van der Waals surface area (Å²) in [6.45, 7) is 1.84. The van der Waals surface area contributed by atoms with E-state index in [0.717, 1.165) is 23.1 Å². The van der Waals surface area contributed by atoms with Gasteiger partial charge >= 0.3 is 6.18 Å². The van der Waals surface area contributed by atoms with Crippen molar-refractivity contribution in [1.82, 2.24) is 9.97 Å². The third-order valence-electron chi connectivity index (χ3n) is 4.78. The Kier molecular flexibility index (Phi) is 5.40. The van der Waals surface area contributed by atoms with Gasteiger partial charge in [-0.1, -0.05) is 6.07 Å². The molecule has 0 aliphatic carbocycles. The van der Waals surface area contributed by atoms with Crippen LogP contribution < -0.4 is 16.2 Å². The molecule has 9 heteroatoms. The number of nitrogens with one attached hydrogen (secondary N) is 3. The summed E-state index contributed by atoms with van der Waals surface area (Å²) in [5.41, 5.74) is 1.51. The van der Waals surface area contributed by atoms with Crippen LogP contribution in [0.5, 0.6) is 0 Å². The Morgan fingerprint density at radius 2 is 1.81 bits per heavy atom. The number of carbonyl (C=O) groups is 1. The molecule has 2 aromatic heterocycles. The van der Waals surface area contributed by atoms with Crippen LogP contribution in [0.2, 0.25) is 0 Å². The highest BCUT2D eigenvalue weighted by molar-refractivity contribution is 6.05. The van der Waals surface area contributed by atoms with Crippen molar-refractivity contribution in [1.29, 1.82) is 0 Å². The Labute approximate surface area is 180 Å². The molecule has 0 bridgehead atoms. The average molecular weight is 438 g/mol. The van der Waals surface area contributed by atoms with E-state index in [-0.39, 0.29) is 17.2 Å². The minimum Gasteiger partial charge on any atom is -0.340 e. The summed E-state index contributed by atoms with van der Waals surface area (Å²) in [5, 5.41) is 6.45. The first-order chi connectivity index (χ1) is 15.2. The number of fused-ring (bicyclic) bond motifs is 1. The number of halogens is 3. The molecule has 3 N–H and O–H groups in total. The highest BCUT2D eigenvalue weighted by Crippen LogP contribution is 2.32. The highest BCUT2D eigenvalue weighted by atomic mass is 19.4. The molecular formula is C23H17F3N4O2. The van der Waals surface area contributed by atoms with Gasteiger partial charge in [-0.05, 0) is 61.0 Å². The molecule has 4 rings (SSSR count). The number of pyridine rings is 2. The number of benzene rings is 2. The fraction of sp³-hybridized carbons (Fsp3) is 0.0870. The van der Waals surface area contributed by atoms with Crippen LogP contribution in [0.15, 0.2) is 71.7 Å². The van der Waals surface area contributed by atoms with Crippen LogP contribution in [0.25, 0.3) is 10.9 Å². The summed E-state index contributed by atoms with van der Waals surface area (Å²) in [6, 6.07) is 14.4. The maximum absolute atomic E-state index is 12.9. The third-order valence-corrected chi connectivity index (χ3v) is 4.78. The lowest BCUT2D eigenvalue weighted by Crippen LogP contribution is -2.14. The van der Waals surface area contributed by atoms with Gasteiger partial charge < -0.3 is 15.6 Å². The fourth-order valence-corrected chi connectivity index (χ4v) is 3.21. The van der Waals surface area contributed by atoms with E-state index < -0.39 is 11.7 Å². The Balaban J connectivity index is 1.58. The van der Waals surface area contributed by atoms with Crippen LogP contribution in [0.3, 0.4) is 0 Å². The Morgan fingerprint density at radius 3 is 2.53 bits per heavy atom. The normalized spacial score (nSPS) is 11.4. The highest BCUT2D eigenvalue weighted by Gasteiger charge is 2.30. The molecule has 0 saturated carbocycles. The van der Waals surface area contributed by atoms with Gasteiger partial charge in [0.1, 0.15) is 5.82 Å². The number of amides is 1. The van der Waals surface area contributed by atoms with Crippen molar-refractivity contribution >= 4 is 34.0 Å². The quantitative estimate of drug-likeness (QED) is 0.406. The molecule has 0 saturated heterocycles. The molecule has 0 spiro atoms. The largest absolute Gasteiger partial charge is 0.416 e. The number of aryl methyl sites for hydroxylation is 1. The standard InChI is InChI=1S/C23H17F3N4O2/c1-13-9-20(28-16-4-2-3-15(10-16)23(24,25)26)30-19-7-6-17(11-18(13)19)29-22(32)14-5-8-21(31)27-12-14/h2-12H,1H3,(H,27,31)(H,28,30)(H,29,32). The Morgan fingerprint density at radius 1 is 1.00 bits per heavy atom. The van der Waals surface area contributed by atoms with E-state index in [0.29, 0.717) is 22.6 Å². The molecule has 4 aromatic rings. The molecule has 1 amide bonds.